The molecule has 0 aromatic heterocycles. The summed E-state index contributed by atoms with van der Waals surface area (Å²) in [5.74, 6) is -1.63. The van der Waals surface area contributed by atoms with Gasteiger partial charge in [0.05, 0.1) is 4.90 Å². The Morgan fingerprint density at radius 2 is 1.96 bits per heavy atom. The Morgan fingerprint density at radius 1 is 1.26 bits per heavy atom. The molecule has 0 bridgehead atoms. The summed E-state index contributed by atoms with van der Waals surface area (Å²) in [6.45, 7) is -0.471. The second kappa shape index (κ2) is 7.66. The third-order valence-electron chi connectivity index (χ3n) is 4.76. The highest BCUT2D eigenvalue weighted by molar-refractivity contribution is 7.92. The number of sulfone groups is 1. The topological polar surface area (TPSA) is 107 Å². The van der Waals surface area contributed by atoms with Crippen molar-refractivity contribution in [1.29, 1.82) is 0 Å². The normalized spacial score (nSPS) is 17.8. The van der Waals surface area contributed by atoms with Crippen molar-refractivity contribution in [3.8, 4) is 5.75 Å². The van der Waals surface area contributed by atoms with Gasteiger partial charge < -0.3 is 15.6 Å². The van der Waals surface area contributed by atoms with E-state index in [1.807, 2.05) is 0 Å². The number of aliphatic carboxylic acids is 1. The smallest absolute Gasteiger partial charge is 0.341 e. The van der Waals surface area contributed by atoms with Crippen molar-refractivity contribution in [3.63, 3.8) is 0 Å². The predicted molar refractivity (Wildman–Crippen MR) is 96.8 cm³/mol. The van der Waals surface area contributed by atoms with Crippen LogP contribution in [0.1, 0.15) is 29.9 Å². The molecule has 0 radical (unpaired) electrons. The molecule has 2 aromatic carbocycles. The van der Waals surface area contributed by atoms with Crippen molar-refractivity contribution in [3.05, 3.63) is 59.4 Å². The number of ether oxygens (including phenoxy) is 1. The van der Waals surface area contributed by atoms with Crippen LogP contribution < -0.4 is 10.5 Å². The second-order valence-corrected chi connectivity index (χ2v) is 8.57. The van der Waals surface area contributed by atoms with Crippen LogP contribution in [-0.2, 0) is 21.1 Å². The fourth-order valence-electron chi connectivity index (χ4n) is 3.47. The van der Waals surface area contributed by atoms with Gasteiger partial charge in [0.25, 0.3) is 0 Å². The number of benzene rings is 2. The van der Waals surface area contributed by atoms with E-state index in [4.69, 9.17) is 15.6 Å². The largest absolute Gasteiger partial charge is 0.482 e. The zero-order valence-corrected chi connectivity index (χ0v) is 15.3. The Morgan fingerprint density at radius 3 is 2.63 bits per heavy atom. The SMILES string of the molecule is NC(C1CCCc2c(OCC(=O)O)cccc21)S(=O)(=O)c1ccc(F)cc1. The van der Waals surface area contributed by atoms with Gasteiger partial charge in [-0.15, -0.1) is 0 Å². The zero-order valence-electron chi connectivity index (χ0n) is 14.5. The van der Waals surface area contributed by atoms with E-state index in [0.29, 0.717) is 25.0 Å². The molecule has 0 spiro atoms. The fourth-order valence-corrected chi connectivity index (χ4v) is 5.01. The maximum Gasteiger partial charge on any atom is 0.341 e. The minimum Gasteiger partial charge on any atom is -0.482 e. The Balaban J connectivity index is 1.94. The lowest BCUT2D eigenvalue weighted by atomic mass is 9.82. The van der Waals surface area contributed by atoms with Gasteiger partial charge in [-0.3, -0.25) is 0 Å². The first-order valence-corrected chi connectivity index (χ1v) is 10.1. The molecule has 2 aromatic rings. The van der Waals surface area contributed by atoms with Crippen LogP contribution in [0.2, 0.25) is 0 Å². The average molecular weight is 393 g/mol. The third kappa shape index (κ3) is 3.96. The third-order valence-corrected chi connectivity index (χ3v) is 6.73. The number of carbonyl (C=O) groups is 1. The number of hydrogen-bond acceptors (Lipinski definition) is 5. The molecule has 0 amide bonds. The van der Waals surface area contributed by atoms with Gasteiger partial charge in [-0.05, 0) is 60.7 Å². The summed E-state index contributed by atoms with van der Waals surface area (Å²) < 4.78 is 44.3. The van der Waals surface area contributed by atoms with E-state index in [1.165, 1.54) is 12.1 Å². The Labute approximate surface area is 156 Å². The van der Waals surface area contributed by atoms with E-state index in [2.05, 4.69) is 0 Å². The standard InChI is InChI=1S/C19H20FNO5S/c20-12-7-9-13(10-8-12)27(24,25)19(21)16-5-1-4-15-14(16)3-2-6-17(15)26-11-18(22)23/h2-3,6-10,16,19H,1,4-5,11,21H2,(H,22,23). The fraction of sp³-hybridized carbons (Fsp3) is 0.316. The van der Waals surface area contributed by atoms with E-state index in [0.717, 1.165) is 23.3 Å². The molecule has 0 fully saturated rings. The maximum absolute atomic E-state index is 13.1. The first-order chi connectivity index (χ1) is 12.8. The van der Waals surface area contributed by atoms with Gasteiger partial charge in [0.1, 0.15) is 16.9 Å². The minimum absolute atomic E-state index is 0.0261. The van der Waals surface area contributed by atoms with Crippen LogP contribution in [0.25, 0.3) is 0 Å². The lowest BCUT2D eigenvalue weighted by Gasteiger charge is -2.31. The van der Waals surface area contributed by atoms with Crippen LogP contribution in [0, 0.1) is 5.82 Å². The van der Waals surface area contributed by atoms with Crippen molar-refractivity contribution in [2.75, 3.05) is 6.61 Å². The molecule has 2 atom stereocenters. The second-order valence-electron chi connectivity index (χ2n) is 6.47. The molecule has 0 aliphatic heterocycles. The predicted octanol–water partition coefficient (Wildman–Crippen LogP) is 2.47. The van der Waals surface area contributed by atoms with Crippen LogP contribution in [0.15, 0.2) is 47.4 Å². The van der Waals surface area contributed by atoms with Gasteiger partial charge in [0.15, 0.2) is 16.4 Å². The van der Waals surface area contributed by atoms with Crippen molar-refractivity contribution in [2.45, 2.75) is 35.4 Å². The number of halogens is 1. The maximum atomic E-state index is 13.1. The highest BCUT2D eigenvalue weighted by Crippen LogP contribution is 2.40. The molecule has 6 nitrogen and oxygen atoms in total. The molecule has 144 valence electrons. The monoisotopic (exact) mass is 393 g/mol. The molecule has 0 heterocycles. The molecule has 8 heteroatoms. The van der Waals surface area contributed by atoms with Crippen molar-refractivity contribution < 1.29 is 27.4 Å². The zero-order chi connectivity index (χ0) is 19.6. The molecular formula is C19H20FNO5S. The van der Waals surface area contributed by atoms with E-state index in [1.54, 1.807) is 18.2 Å². The van der Waals surface area contributed by atoms with Gasteiger partial charge in [-0.25, -0.2) is 17.6 Å². The molecule has 3 rings (SSSR count). The lowest BCUT2D eigenvalue weighted by molar-refractivity contribution is -0.139. The van der Waals surface area contributed by atoms with Crippen molar-refractivity contribution in [2.24, 2.45) is 5.73 Å². The first kappa shape index (κ1) is 19.3. The van der Waals surface area contributed by atoms with E-state index in [-0.39, 0.29) is 4.90 Å². The molecule has 0 saturated carbocycles. The molecule has 1 aliphatic carbocycles. The summed E-state index contributed by atoms with van der Waals surface area (Å²) >= 11 is 0. The molecule has 27 heavy (non-hydrogen) atoms. The minimum atomic E-state index is -3.86. The molecule has 2 unspecified atom stereocenters. The first-order valence-electron chi connectivity index (χ1n) is 8.52. The van der Waals surface area contributed by atoms with Crippen LogP contribution in [-0.4, -0.2) is 31.5 Å². The lowest BCUT2D eigenvalue weighted by Crippen LogP contribution is -2.38. The molecule has 3 N–H and O–H groups in total. The molecular weight excluding hydrogens is 373 g/mol. The van der Waals surface area contributed by atoms with Crippen LogP contribution in [0.3, 0.4) is 0 Å². The van der Waals surface area contributed by atoms with Crippen LogP contribution in [0.4, 0.5) is 4.39 Å². The van der Waals surface area contributed by atoms with E-state index in [9.17, 15) is 17.6 Å². The summed E-state index contributed by atoms with van der Waals surface area (Å²) in [5.41, 5.74) is 7.71. The Kier molecular flexibility index (Phi) is 5.48. The number of carboxylic acid groups (broad SMARTS) is 1. The molecule has 0 saturated heterocycles. The average Bonchev–Trinajstić information content (AvgIpc) is 2.65. The number of fused-ring (bicyclic) bond motifs is 1. The van der Waals surface area contributed by atoms with Gasteiger partial charge in [-0.1, -0.05) is 12.1 Å². The van der Waals surface area contributed by atoms with Gasteiger partial charge in [0, 0.05) is 5.92 Å². The highest BCUT2D eigenvalue weighted by Gasteiger charge is 2.36. The summed E-state index contributed by atoms with van der Waals surface area (Å²) in [6, 6.07) is 9.77. The summed E-state index contributed by atoms with van der Waals surface area (Å²) in [5, 5.41) is 7.62. The Hall–Kier alpha value is -2.45. The Bertz CT molecular complexity index is 943. The van der Waals surface area contributed by atoms with Gasteiger partial charge >= 0.3 is 5.97 Å². The van der Waals surface area contributed by atoms with Gasteiger partial charge in [0.2, 0.25) is 0 Å². The summed E-state index contributed by atoms with van der Waals surface area (Å²) in [6.07, 6.45) is 1.94. The number of hydrogen-bond donors (Lipinski definition) is 2. The van der Waals surface area contributed by atoms with Crippen molar-refractivity contribution in [1.82, 2.24) is 0 Å². The van der Waals surface area contributed by atoms with E-state index < -0.39 is 39.5 Å². The van der Waals surface area contributed by atoms with Gasteiger partial charge in [-0.2, -0.15) is 0 Å². The van der Waals surface area contributed by atoms with Crippen LogP contribution >= 0.6 is 0 Å². The van der Waals surface area contributed by atoms with Crippen LogP contribution in [0.5, 0.6) is 5.75 Å². The number of carboxylic acids is 1. The van der Waals surface area contributed by atoms with Crippen molar-refractivity contribution >= 4 is 15.8 Å². The van der Waals surface area contributed by atoms with E-state index >= 15 is 0 Å². The number of rotatable bonds is 6. The number of nitrogens with two attached hydrogens (primary N) is 1. The quantitative estimate of drug-likeness (QED) is 0.730. The molecule has 1 aliphatic rings. The summed E-state index contributed by atoms with van der Waals surface area (Å²) in [4.78, 5) is 10.7. The highest BCUT2D eigenvalue weighted by atomic mass is 32.2. The summed E-state index contributed by atoms with van der Waals surface area (Å²) in [7, 11) is -3.86.